The fourth-order valence-corrected chi connectivity index (χ4v) is 0. The summed E-state index contributed by atoms with van der Waals surface area (Å²) in [6.45, 7) is 0. The molecule has 0 amide bonds. The molecule has 9 heavy (non-hydrogen) atoms. The third-order valence-electron chi connectivity index (χ3n) is 0.292. The molecule has 8 heteroatoms. The molecule has 0 rings (SSSR count). The standard InChI is InChI=1S/CHCl3O3S.Sc/c2-1(3,4)8(5,6)7;/h(H,5,6,7);. The Morgan fingerprint density at radius 3 is 1.33 bits per heavy atom. The molecule has 1 N–H and O–H groups in total. The first kappa shape index (κ1) is 13.3. The van der Waals surface area contributed by atoms with Gasteiger partial charge in [-0.05, 0) is 0 Å². The largest absolute Gasteiger partial charge is 0.317 e. The summed E-state index contributed by atoms with van der Waals surface area (Å²) in [5.74, 6) is 0. The van der Waals surface area contributed by atoms with Crippen LogP contribution < -0.4 is 0 Å². The van der Waals surface area contributed by atoms with E-state index in [0.717, 1.165) is 0 Å². The molecule has 0 saturated carbocycles. The van der Waals surface area contributed by atoms with Gasteiger partial charge in [0.2, 0.25) is 0 Å². The molecule has 0 heterocycles. The topological polar surface area (TPSA) is 54.4 Å². The van der Waals surface area contributed by atoms with Crippen molar-refractivity contribution in [3.63, 3.8) is 0 Å². The first-order chi connectivity index (χ1) is 3.25. The predicted octanol–water partition coefficient (Wildman–Crippen LogP) is 1.20. The Kier molecular flexibility index (Phi) is 5.71. The number of hydrogen-bond acceptors (Lipinski definition) is 2. The number of rotatable bonds is 0. The van der Waals surface area contributed by atoms with Crippen LogP contribution in [0.3, 0.4) is 0 Å². The van der Waals surface area contributed by atoms with E-state index in [-0.39, 0.29) is 25.8 Å². The summed E-state index contributed by atoms with van der Waals surface area (Å²) in [6.07, 6.45) is 0. The molecule has 0 fully saturated rings. The van der Waals surface area contributed by atoms with E-state index in [2.05, 4.69) is 0 Å². The van der Waals surface area contributed by atoms with Crippen molar-refractivity contribution in [2.45, 2.75) is 3.12 Å². The summed E-state index contributed by atoms with van der Waals surface area (Å²) in [4.78, 5) is 0. The molecular formula is CHCl3O3SSc. The van der Waals surface area contributed by atoms with Crippen LogP contribution in [0.5, 0.6) is 0 Å². The minimum Gasteiger partial charge on any atom is -0.282 e. The number of hydrogen-bond donors (Lipinski definition) is 1. The van der Waals surface area contributed by atoms with Gasteiger partial charge in [0.15, 0.2) is 0 Å². The van der Waals surface area contributed by atoms with Crippen molar-refractivity contribution in [3.8, 4) is 0 Å². The first-order valence-electron chi connectivity index (χ1n) is 1.29. The Bertz CT molecular complexity index is 168. The van der Waals surface area contributed by atoms with E-state index in [9.17, 15) is 8.42 Å². The first-order valence-corrected chi connectivity index (χ1v) is 3.86. The van der Waals surface area contributed by atoms with Crippen molar-refractivity contribution in [2.24, 2.45) is 0 Å². The molecule has 0 aromatic rings. The SMILES string of the molecule is O=S(=O)(O)C(Cl)(Cl)Cl.[Sc]. The Morgan fingerprint density at radius 2 is 1.33 bits per heavy atom. The van der Waals surface area contributed by atoms with Crippen LogP contribution in [0.2, 0.25) is 0 Å². The van der Waals surface area contributed by atoms with Crippen LogP contribution in [-0.2, 0) is 36.0 Å². The quantitative estimate of drug-likeness (QED) is 0.514. The maximum Gasteiger partial charge on any atom is 0.317 e. The van der Waals surface area contributed by atoms with E-state index in [0.29, 0.717) is 0 Å². The maximum atomic E-state index is 9.81. The van der Waals surface area contributed by atoms with Gasteiger partial charge in [-0.1, -0.05) is 34.8 Å². The molecule has 0 bridgehead atoms. The molecule has 53 valence electrons. The van der Waals surface area contributed by atoms with Crippen LogP contribution in [0.15, 0.2) is 0 Å². The van der Waals surface area contributed by atoms with Crippen molar-refractivity contribution in [2.75, 3.05) is 0 Å². The summed E-state index contributed by atoms with van der Waals surface area (Å²) in [6, 6.07) is 0. The van der Waals surface area contributed by atoms with Gasteiger partial charge >= 0.3 is 13.2 Å². The summed E-state index contributed by atoms with van der Waals surface area (Å²) in [7, 11) is -4.54. The second-order valence-corrected chi connectivity index (χ2v) is 5.44. The van der Waals surface area contributed by atoms with Crippen LogP contribution in [-0.4, -0.2) is 16.1 Å². The van der Waals surface area contributed by atoms with Gasteiger partial charge in [0, 0.05) is 25.8 Å². The number of alkyl halides is 3. The average molecular weight is 244 g/mol. The summed E-state index contributed by atoms with van der Waals surface area (Å²) in [5, 5.41) is 0. The second kappa shape index (κ2) is 3.88. The third kappa shape index (κ3) is 4.98. The van der Waals surface area contributed by atoms with Crippen molar-refractivity contribution in [1.82, 2.24) is 0 Å². The third-order valence-corrected chi connectivity index (χ3v) is 2.63. The van der Waals surface area contributed by atoms with Gasteiger partial charge in [-0.2, -0.15) is 8.42 Å². The molecule has 3 nitrogen and oxygen atoms in total. The molecule has 0 atom stereocenters. The van der Waals surface area contributed by atoms with Crippen molar-refractivity contribution >= 4 is 44.9 Å². The number of halogens is 3. The van der Waals surface area contributed by atoms with Gasteiger partial charge < -0.3 is 0 Å². The Labute approximate surface area is 86.2 Å². The van der Waals surface area contributed by atoms with Crippen LogP contribution in [0, 0.1) is 0 Å². The van der Waals surface area contributed by atoms with Crippen LogP contribution in [0.4, 0.5) is 0 Å². The van der Waals surface area contributed by atoms with E-state index in [4.69, 9.17) is 39.4 Å². The second-order valence-electron chi connectivity index (χ2n) is 0.921. The van der Waals surface area contributed by atoms with Gasteiger partial charge in [-0.15, -0.1) is 0 Å². The van der Waals surface area contributed by atoms with Gasteiger partial charge in [-0.3, -0.25) is 4.55 Å². The average Bonchev–Trinajstić information content (AvgIpc) is 1.25. The zero-order valence-electron chi connectivity index (χ0n) is 3.88. The zero-order valence-corrected chi connectivity index (χ0v) is 8.77. The molecule has 0 aromatic carbocycles. The smallest absolute Gasteiger partial charge is 0.282 e. The molecule has 0 spiro atoms. The van der Waals surface area contributed by atoms with E-state index >= 15 is 0 Å². The molecule has 0 aromatic heterocycles. The van der Waals surface area contributed by atoms with E-state index in [1.807, 2.05) is 0 Å². The molecular weight excluding hydrogens is 243 g/mol. The summed E-state index contributed by atoms with van der Waals surface area (Å²) >= 11 is 14.1. The van der Waals surface area contributed by atoms with Gasteiger partial charge in [0.05, 0.1) is 0 Å². The minimum atomic E-state index is -4.54. The summed E-state index contributed by atoms with van der Waals surface area (Å²) < 4.78 is 24.9. The molecule has 0 unspecified atom stereocenters. The Hall–Kier alpha value is 1.65. The minimum absolute atomic E-state index is 0. The van der Waals surface area contributed by atoms with Crippen LogP contribution >= 0.6 is 34.8 Å². The van der Waals surface area contributed by atoms with E-state index in [1.165, 1.54) is 0 Å². The zero-order chi connectivity index (χ0) is 7.00. The van der Waals surface area contributed by atoms with E-state index in [1.54, 1.807) is 0 Å². The monoisotopic (exact) mass is 243 g/mol. The molecule has 0 aliphatic heterocycles. The predicted molar refractivity (Wildman–Crippen MR) is 31.8 cm³/mol. The van der Waals surface area contributed by atoms with Crippen molar-refractivity contribution in [3.05, 3.63) is 0 Å². The van der Waals surface area contributed by atoms with Crippen LogP contribution in [0.25, 0.3) is 0 Å². The van der Waals surface area contributed by atoms with Crippen molar-refractivity contribution < 1.29 is 38.8 Å². The maximum absolute atomic E-state index is 9.81. The van der Waals surface area contributed by atoms with Gasteiger partial charge in [0.1, 0.15) is 0 Å². The fourth-order valence-electron chi connectivity index (χ4n) is 0. The molecule has 0 aliphatic rings. The Morgan fingerprint density at radius 1 is 1.22 bits per heavy atom. The molecule has 0 saturated heterocycles. The normalized spacial score (nSPS) is 12.4. The van der Waals surface area contributed by atoms with E-state index < -0.39 is 13.2 Å². The fraction of sp³-hybridized carbons (Fsp3) is 1.00. The van der Waals surface area contributed by atoms with Gasteiger partial charge in [0.25, 0.3) is 0 Å². The van der Waals surface area contributed by atoms with Crippen LogP contribution in [0.1, 0.15) is 0 Å². The van der Waals surface area contributed by atoms with Gasteiger partial charge in [-0.25, -0.2) is 0 Å². The molecule has 1 radical (unpaired) electrons. The summed E-state index contributed by atoms with van der Waals surface area (Å²) in [5.41, 5.74) is 0. The molecule has 0 aliphatic carbocycles. The Balaban J connectivity index is 0. The van der Waals surface area contributed by atoms with Crippen molar-refractivity contribution in [1.29, 1.82) is 0 Å².